The first-order chi connectivity index (χ1) is 12.1. The molecule has 0 radical (unpaired) electrons. The maximum absolute atomic E-state index is 14.0. The summed E-state index contributed by atoms with van der Waals surface area (Å²) in [6.07, 6.45) is 1.80. The minimum Gasteiger partial charge on any atom is -0.359 e. The molecular weight excluding hydrogens is 339 g/mol. The Morgan fingerprint density at radius 3 is 2.92 bits per heavy atom. The quantitative estimate of drug-likeness (QED) is 0.675. The van der Waals surface area contributed by atoms with Crippen LogP contribution in [0.4, 0.5) is 4.39 Å². The van der Waals surface area contributed by atoms with Crippen molar-refractivity contribution in [2.24, 2.45) is 0 Å². The Balaban J connectivity index is 1.60. The third kappa shape index (κ3) is 2.98. The van der Waals surface area contributed by atoms with Crippen molar-refractivity contribution >= 4 is 17.2 Å². The molecule has 1 aliphatic rings. The maximum Gasteiger partial charge on any atom is 0.264 e. The van der Waals surface area contributed by atoms with Crippen LogP contribution >= 0.6 is 11.3 Å². The van der Waals surface area contributed by atoms with Gasteiger partial charge >= 0.3 is 0 Å². The Kier molecular flexibility index (Phi) is 4.13. The van der Waals surface area contributed by atoms with Crippen molar-refractivity contribution in [2.45, 2.75) is 25.8 Å². The fourth-order valence-electron chi connectivity index (χ4n) is 3.25. The smallest absolute Gasteiger partial charge is 0.264 e. The summed E-state index contributed by atoms with van der Waals surface area (Å²) in [5, 5.41) is 3.93. The molecule has 0 spiro atoms. The number of nitrogens with zero attached hydrogens (tertiary/aromatic N) is 2. The van der Waals surface area contributed by atoms with Crippen LogP contribution in [0.25, 0.3) is 10.4 Å². The summed E-state index contributed by atoms with van der Waals surface area (Å²) in [6, 6.07) is 12.0. The highest BCUT2D eigenvalue weighted by molar-refractivity contribution is 7.17. The zero-order chi connectivity index (χ0) is 17.4. The fourth-order valence-corrected chi connectivity index (χ4v) is 4.24. The van der Waals surface area contributed by atoms with Crippen LogP contribution in [0, 0.1) is 12.7 Å². The van der Waals surface area contributed by atoms with E-state index in [-0.39, 0.29) is 17.8 Å². The molecule has 0 N–H and O–H groups in total. The van der Waals surface area contributed by atoms with Crippen molar-refractivity contribution in [3.05, 3.63) is 64.6 Å². The SMILES string of the molecule is Cc1cc([C@@H]2CCCN2C(=O)c2ccc(-c3ccccc3F)s2)on1. The van der Waals surface area contributed by atoms with Gasteiger partial charge in [-0.2, -0.15) is 0 Å². The molecule has 1 amide bonds. The van der Waals surface area contributed by atoms with Crippen LogP contribution in [0.15, 0.2) is 47.0 Å². The minimum absolute atomic E-state index is 0.0378. The number of aryl methyl sites for hydroxylation is 1. The van der Waals surface area contributed by atoms with E-state index in [4.69, 9.17) is 4.52 Å². The number of hydrogen-bond acceptors (Lipinski definition) is 4. The summed E-state index contributed by atoms with van der Waals surface area (Å²) in [4.78, 5) is 16.1. The first-order valence-electron chi connectivity index (χ1n) is 8.22. The predicted molar refractivity (Wildman–Crippen MR) is 94.0 cm³/mol. The van der Waals surface area contributed by atoms with E-state index in [1.165, 1.54) is 17.4 Å². The van der Waals surface area contributed by atoms with Gasteiger partial charge in [0.05, 0.1) is 16.6 Å². The highest BCUT2D eigenvalue weighted by Gasteiger charge is 2.33. The summed E-state index contributed by atoms with van der Waals surface area (Å²) < 4.78 is 19.3. The fraction of sp³-hybridized carbons (Fsp3) is 0.263. The van der Waals surface area contributed by atoms with Crippen molar-refractivity contribution in [2.75, 3.05) is 6.54 Å². The van der Waals surface area contributed by atoms with Crippen LogP contribution in [0.5, 0.6) is 0 Å². The number of likely N-dealkylation sites (tertiary alicyclic amines) is 1. The maximum atomic E-state index is 14.0. The second kappa shape index (κ2) is 6.44. The second-order valence-electron chi connectivity index (χ2n) is 6.17. The van der Waals surface area contributed by atoms with Crippen molar-refractivity contribution < 1.29 is 13.7 Å². The van der Waals surface area contributed by atoms with Gasteiger partial charge in [0.1, 0.15) is 5.82 Å². The van der Waals surface area contributed by atoms with E-state index in [0.717, 1.165) is 29.2 Å². The molecule has 1 aliphatic heterocycles. The molecule has 4 rings (SSSR count). The van der Waals surface area contributed by atoms with Gasteiger partial charge in [-0.3, -0.25) is 4.79 Å². The van der Waals surface area contributed by atoms with E-state index in [1.807, 2.05) is 17.9 Å². The van der Waals surface area contributed by atoms with Crippen molar-refractivity contribution in [3.63, 3.8) is 0 Å². The van der Waals surface area contributed by atoms with Gasteiger partial charge < -0.3 is 9.42 Å². The number of carbonyl (C=O) groups is 1. The zero-order valence-corrected chi connectivity index (χ0v) is 14.6. The van der Waals surface area contributed by atoms with Crippen LogP contribution in [0.1, 0.15) is 40.0 Å². The average Bonchev–Trinajstić information content (AvgIpc) is 3.34. The van der Waals surface area contributed by atoms with E-state index in [2.05, 4.69) is 5.16 Å². The van der Waals surface area contributed by atoms with E-state index >= 15 is 0 Å². The van der Waals surface area contributed by atoms with Gasteiger partial charge in [0.15, 0.2) is 5.76 Å². The van der Waals surface area contributed by atoms with Gasteiger partial charge in [-0.25, -0.2) is 4.39 Å². The van der Waals surface area contributed by atoms with Gasteiger partial charge in [0, 0.05) is 23.1 Å². The number of carbonyl (C=O) groups excluding carboxylic acids is 1. The molecule has 25 heavy (non-hydrogen) atoms. The lowest BCUT2D eigenvalue weighted by atomic mass is 10.1. The van der Waals surface area contributed by atoms with Crippen molar-refractivity contribution in [1.29, 1.82) is 0 Å². The second-order valence-corrected chi connectivity index (χ2v) is 7.25. The number of rotatable bonds is 3. The van der Waals surface area contributed by atoms with Crippen LogP contribution in [0.2, 0.25) is 0 Å². The Bertz CT molecular complexity index is 918. The first-order valence-corrected chi connectivity index (χ1v) is 9.04. The lowest BCUT2D eigenvalue weighted by Gasteiger charge is -2.21. The number of aromatic nitrogens is 1. The lowest BCUT2D eigenvalue weighted by molar-refractivity contribution is 0.0719. The molecule has 128 valence electrons. The topological polar surface area (TPSA) is 46.3 Å². The highest BCUT2D eigenvalue weighted by Crippen LogP contribution is 2.36. The predicted octanol–water partition coefficient (Wildman–Crippen LogP) is 4.83. The Morgan fingerprint density at radius 1 is 1.32 bits per heavy atom. The average molecular weight is 356 g/mol. The summed E-state index contributed by atoms with van der Waals surface area (Å²) in [7, 11) is 0. The number of halogens is 1. The van der Waals surface area contributed by atoms with E-state index in [1.54, 1.807) is 30.3 Å². The third-order valence-corrected chi connectivity index (χ3v) is 5.55. The Hall–Kier alpha value is -2.47. The van der Waals surface area contributed by atoms with Gasteiger partial charge in [-0.05, 0) is 38.0 Å². The summed E-state index contributed by atoms with van der Waals surface area (Å²) in [6.45, 7) is 2.56. The molecule has 0 aliphatic carbocycles. The zero-order valence-electron chi connectivity index (χ0n) is 13.7. The molecule has 0 bridgehead atoms. The minimum atomic E-state index is -0.278. The van der Waals surface area contributed by atoms with Crippen LogP contribution in [-0.4, -0.2) is 22.5 Å². The molecule has 1 saturated heterocycles. The number of amides is 1. The molecule has 0 saturated carbocycles. The van der Waals surface area contributed by atoms with E-state index in [0.29, 0.717) is 17.0 Å². The molecule has 1 atom stereocenters. The summed E-state index contributed by atoms with van der Waals surface area (Å²) in [5.74, 6) is 0.415. The summed E-state index contributed by atoms with van der Waals surface area (Å²) in [5.41, 5.74) is 1.34. The first kappa shape index (κ1) is 16.0. The van der Waals surface area contributed by atoms with Crippen molar-refractivity contribution in [3.8, 4) is 10.4 Å². The van der Waals surface area contributed by atoms with Crippen LogP contribution in [0.3, 0.4) is 0 Å². The third-order valence-electron chi connectivity index (χ3n) is 4.44. The van der Waals surface area contributed by atoms with Crippen molar-refractivity contribution in [1.82, 2.24) is 10.1 Å². The molecule has 1 fully saturated rings. The monoisotopic (exact) mass is 356 g/mol. The summed E-state index contributed by atoms with van der Waals surface area (Å²) >= 11 is 1.32. The molecule has 6 heteroatoms. The molecule has 3 heterocycles. The van der Waals surface area contributed by atoms with E-state index < -0.39 is 0 Å². The molecule has 3 aromatic rings. The highest BCUT2D eigenvalue weighted by atomic mass is 32.1. The number of thiophene rings is 1. The van der Waals surface area contributed by atoms with Crippen LogP contribution in [-0.2, 0) is 0 Å². The molecule has 0 unspecified atom stereocenters. The molecule has 4 nitrogen and oxygen atoms in total. The lowest BCUT2D eigenvalue weighted by Crippen LogP contribution is -2.29. The van der Waals surface area contributed by atoms with Crippen LogP contribution < -0.4 is 0 Å². The standard InChI is InChI=1S/C19H17FN2O2S/c1-12-11-16(24-21-12)15-7-4-10-22(15)19(23)18-9-8-17(25-18)13-5-2-3-6-14(13)20/h2-3,5-6,8-9,11,15H,4,7,10H2,1H3/t15-/m0/s1. The van der Waals surface area contributed by atoms with Gasteiger partial charge in [-0.1, -0.05) is 23.4 Å². The van der Waals surface area contributed by atoms with Gasteiger partial charge in [0.25, 0.3) is 5.91 Å². The largest absolute Gasteiger partial charge is 0.359 e. The Labute approximate surface area is 148 Å². The van der Waals surface area contributed by atoms with Gasteiger partial charge in [-0.15, -0.1) is 11.3 Å². The normalized spacial score (nSPS) is 17.2. The molecule has 2 aromatic heterocycles. The molecule has 1 aromatic carbocycles. The number of hydrogen-bond donors (Lipinski definition) is 0. The molecular formula is C19H17FN2O2S. The number of benzene rings is 1. The van der Waals surface area contributed by atoms with E-state index in [9.17, 15) is 9.18 Å². The van der Waals surface area contributed by atoms with Gasteiger partial charge in [0.2, 0.25) is 0 Å². The Morgan fingerprint density at radius 2 is 2.16 bits per heavy atom.